The maximum absolute atomic E-state index is 12.9. The van der Waals surface area contributed by atoms with Gasteiger partial charge in [-0.3, -0.25) is 4.79 Å². The SMILES string of the molecule is CCCCCn1c(CCCNC(=O)c2ccc(F)cc2)nc2ccccc21. The van der Waals surface area contributed by atoms with Crippen molar-refractivity contribution in [3.05, 3.63) is 65.7 Å². The summed E-state index contributed by atoms with van der Waals surface area (Å²) < 4.78 is 15.3. The summed E-state index contributed by atoms with van der Waals surface area (Å²) in [5.41, 5.74) is 2.68. The fourth-order valence-electron chi connectivity index (χ4n) is 3.24. The van der Waals surface area contributed by atoms with Crippen molar-refractivity contribution in [3.63, 3.8) is 0 Å². The number of nitrogens with zero attached hydrogens (tertiary/aromatic N) is 2. The minimum atomic E-state index is -0.339. The molecule has 0 spiro atoms. The molecule has 0 saturated carbocycles. The number of rotatable bonds is 9. The number of halogens is 1. The van der Waals surface area contributed by atoms with E-state index >= 15 is 0 Å². The third-order valence-electron chi connectivity index (χ3n) is 4.69. The lowest BCUT2D eigenvalue weighted by Crippen LogP contribution is -2.25. The number of para-hydroxylation sites is 2. The molecule has 0 aliphatic heterocycles. The first-order chi connectivity index (χ1) is 13.2. The molecular weight excluding hydrogens is 341 g/mol. The van der Waals surface area contributed by atoms with Gasteiger partial charge in [0, 0.05) is 25.1 Å². The smallest absolute Gasteiger partial charge is 0.251 e. The van der Waals surface area contributed by atoms with E-state index < -0.39 is 0 Å². The van der Waals surface area contributed by atoms with Crippen LogP contribution in [0.1, 0.15) is 48.8 Å². The molecule has 0 aliphatic carbocycles. The van der Waals surface area contributed by atoms with Crippen molar-refractivity contribution in [1.29, 1.82) is 0 Å². The molecular formula is C22H26FN3O. The number of hydrogen-bond acceptors (Lipinski definition) is 2. The molecule has 0 fully saturated rings. The number of imidazole rings is 1. The highest BCUT2D eigenvalue weighted by molar-refractivity contribution is 5.94. The Morgan fingerprint density at radius 2 is 1.85 bits per heavy atom. The van der Waals surface area contributed by atoms with Crippen molar-refractivity contribution in [2.45, 2.75) is 45.6 Å². The Kier molecular flexibility index (Phi) is 6.58. The van der Waals surface area contributed by atoms with E-state index in [0.29, 0.717) is 12.1 Å². The van der Waals surface area contributed by atoms with Crippen molar-refractivity contribution in [1.82, 2.24) is 14.9 Å². The number of nitrogens with one attached hydrogen (secondary N) is 1. The second kappa shape index (κ2) is 9.31. The molecule has 1 aromatic heterocycles. The molecule has 5 heteroatoms. The lowest BCUT2D eigenvalue weighted by molar-refractivity contribution is 0.0953. The summed E-state index contributed by atoms with van der Waals surface area (Å²) >= 11 is 0. The molecule has 0 aliphatic rings. The molecule has 142 valence electrons. The highest BCUT2D eigenvalue weighted by Crippen LogP contribution is 2.18. The maximum atomic E-state index is 12.9. The van der Waals surface area contributed by atoms with Crippen LogP contribution in [0.25, 0.3) is 11.0 Å². The number of carbonyl (C=O) groups is 1. The number of fused-ring (bicyclic) bond motifs is 1. The minimum Gasteiger partial charge on any atom is -0.352 e. The van der Waals surface area contributed by atoms with Gasteiger partial charge in [0.25, 0.3) is 5.91 Å². The van der Waals surface area contributed by atoms with Gasteiger partial charge in [0.2, 0.25) is 0 Å². The minimum absolute atomic E-state index is 0.175. The molecule has 0 bridgehead atoms. The summed E-state index contributed by atoms with van der Waals surface area (Å²) in [6.45, 7) is 3.75. The zero-order valence-corrected chi connectivity index (χ0v) is 15.7. The average Bonchev–Trinajstić information content (AvgIpc) is 3.03. The van der Waals surface area contributed by atoms with Gasteiger partial charge in [-0.05, 0) is 49.2 Å². The summed E-state index contributed by atoms with van der Waals surface area (Å²) in [5, 5.41) is 2.90. The summed E-state index contributed by atoms with van der Waals surface area (Å²) in [6.07, 6.45) is 5.16. The summed E-state index contributed by atoms with van der Waals surface area (Å²) in [7, 11) is 0. The van der Waals surface area contributed by atoms with Gasteiger partial charge in [-0.2, -0.15) is 0 Å². The quantitative estimate of drug-likeness (QED) is 0.556. The number of aromatic nitrogens is 2. The first kappa shape index (κ1) is 19.1. The highest BCUT2D eigenvalue weighted by atomic mass is 19.1. The molecule has 4 nitrogen and oxygen atoms in total. The van der Waals surface area contributed by atoms with Gasteiger partial charge < -0.3 is 9.88 Å². The van der Waals surface area contributed by atoms with E-state index in [1.54, 1.807) is 0 Å². The fraction of sp³-hybridized carbons (Fsp3) is 0.364. The van der Waals surface area contributed by atoms with Crippen LogP contribution in [-0.2, 0) is 13.0 Å². The number of benzene rings is 2. The Hall–Kier alpha value is -2.69. The topological polar surface area (TPSA) is 46.9 Å². The van der Waals surface area contributed by atoms with Crippen LogP contribution >= 0.6 is 0 Å². The van der Waals surface area contributed by atoms with E-state index in [2.05, 4.69) is 22.9 Å². The van der Waals surface area contributed by atoms with Gasteiger partial charge in [-0.25, -0.2) is 9.37 Å². The van der Waals surface area contributed by atoms with Crippen LogP contribution in [0.4, 0.5) is 4.39 Å². The van der Waals surface area contributed by atoms with Crippen molar-refractivity contribution in [3.8, 4) is 0 Å². The lowest BCUT2D eigenvalue weighted by atomic mass is 10.2. The Morgan fingerprint density at radius 3 is 2.63 bits per heavy atom. The number of unbranched alkanes of at least 4 members (excludes halogenated alkanes) is 2. The molecule has 1 amide bonds. The molecule has 0 saturated heterocycles. The first-order valence-corrected chi connectivity index (χ1v) is 9.67. The van der Waals surface area contributed by atoms with Gasteiger partial charge in [-0.15, -0.1) is 0 Å². The zero-order chi connectivity index (χ0) is 19.1. The predicted octanol–water partition coefficient (Wildman–Crippen LogP) is 4.73. The fourth-order valence-corrected chi connectivity index (χ4v) is 3.24. The standard InChI is InChI=1S/C22H26FN3O/c1-2-3-6-16-26-20-9-5-4-8-19(20)25-21(26)10-7-15-24-22(27)17-11-13-18(23)14-12-17/h4-5,8-9,11-14H,2-3,6-7,10,15-16H2,1H3,(H,24,27). The van der Waals surface area contributed by atoms with E-state index in [9.17, 15) is 9.18 Å². The van der Waals surface area contributed by atoms with Gasteiger partial charge in [0.05, 0.1) is 11.0 Å². The number of hydrogen-bond donors (Lipinski definition) is 1. The van der Waals surface area contributed by atoms with Crippen molar-refractivity contribution in [2.75, 3.05) is 6.54 Å². The van der Waals surface area contributed by atoms with Crippen molar-refractivity contribution in [2.24, 2.45) is 0 Å². The molecule has 0 radical (unpaired) electrons. The number of aryl methyl sites for hydroxylation is 2. The third kappa shape index (κ3) is 4.94. The van der Waals surface area contributed by atoms with Crippen LogP contribution in [0.3, 0.4) is 0 Å². The highest BCUT2D eigenvalue weighted by Gasteiger charge is 2.10. The molecule has 27 heavy (non-hydrogen) atoms. The van der Waals surface area contributed by atoms with Gasteiger partial charge >= 0.3 is 0 Å². The molecule has 1 heterocycles. The van der Waals surface area contributed by atoms with Crippen LogP contribution < -0.4 is 5.32 Å². The Bertz CT molecular complexity index is 886. The Labute approximate surface area is 159 Å². The maximum Gasteiger partial charge on any atom is 0.251 e. The normalized spacial score (nSPS) is 11.0. The van der Waals surface area contributed by atoms with Crippen LogP contribution in [0.15, 0.2) is 48.5 Å². The second-order valence-corrected chi connectivity index (χ2v) is 6.74. The Morgan fingerprint density at radius 1 is 1.07 bits per heavy atom. The van der Waals surface area contributed by atoms with Crippen LogP contribution in [0.2, 0.25) is 0 Å². The monoisotopic (exact) mass is 367 g/mol. The van der Waals surface area contributed by atoms with Gasteiger partial charge in [0.15, 0.2) is 0 Å². The van der Waals surface area contributed by atoms with Crippen LogP contribution in [-0.4, -0.2) is 22.0 Å². The van der Waals surface area contributed by atoms with E-state index in [1.807, 2.05) is 18.2 Å². The molecule has 0 atom stereocenters. The second-order valence-electron chi connectivity index (χ2n) is 6.74. The molecule has 1 N–H and O–H groups in total. The first-order valence-electron chi connectivity index (χ1n) is 9.67. The van der Waals surface area contributed by atoms with Crippen molar-refractivity contribution < 1.29 is 9.18 Å². The summed E-state index contributed by atoms with van der Waals surface area (Å²) in [6, 6.07) is 13.8. The van der Waals surface area contributed by atoms with E-state index in [-0.39, 0.29) is 11.7 Å². The molecule has 3 aromatic rings. The number of carbonyl (C=O) groups excluding carboxylic acids is 1. The zero-order valence-electron chi connectivity index (χ0n) is 15.7. The molecule has 3 rings (SSSR count). The third-order valence-corrected chi connectivity index (χ3v) is 4.69. The average molecular weight is 367 g/mol. The lowest BCUT2D eigenvalue weighted by Gasteiger charge is -2.09. The van der Waals surface area contributed by atoms with E-state index in [1.165, 1.54) is 42.6 Å². The van der Waals surface area contributed by atoms with Gasteiger partial charge in [-0.1, -0.05) is 31.9 Å². The summed E-state index contributed by atoms with van der Waals surface area (Å²) in [5.74, 6) is 0.559. The van der Waals surface area contributed by atoms with E-state index in [0.717, 1.165) is 37.1 Å². The Balaban J connectivity index is 1.58. The van der Waals surface area contributed by atoms with Gasteiger partial charge in [0.1, 0.15) is 11.6 Å². The summed E-state index contributed by atoms with van der Waals surface area (Å²) in [4.78, 5) is 16.9. The van der Waals surface area contributed by atoms with E-state index in [4.69, 9.17) is 4.98 Å². The molecule has 0 unspecified atom stereocenters. The van der Waals surface area contributed by atoms with Crippen LogP contribution in [0.5, 0.6) is 0 Å². The van der Waals surface area contributed by atoms with Crippen LogP contribution in [0, 0.1) is 5.82 Å². The molecule has 2 aromatic carbocycles. The van der Waals surface area contributed by atoms with Crippen molar-refractivity contribution >= 4 is 16.9 Å². The largest absolute Gasteiger partial charge is 0.352 e. The predicted molar refractivity (Wildman–Crippen MR) is 106 cm³/mol. The number of amides is 1.